The fourth-order valence-corrected chi connectivity index (χ4v) is 4.61. The van der Waals surface area contributed by atoms with Crippen molar-refractivity contribution in [3.8, 4) is 0 Å². The van der Waals surface area contributed by atoms with E-state index in [0.29, 0.717) is 35.2 Å². The number of nitrogens with zero attached hydrogens (tertiary/aromatic N) is 3. The first-order valence-electron chi connectivity index (χ1n) is 10.6. The van der Waals surface area contributed by atoms with Gasteiger partial charge >= 0.3 is 12.1 Å². The molecule has 1 N–H and O–H groups in total. The van der Waals surface area contributed by atoms with Crippen molar-refractivity contribution in [2.24, 2.45) is 10.9 Å². The van der Waals surface area contributed by atoms with Crippen LogP contribution in [0.15, 0.2) is 46.0 Å². The average Bonchev–Trinajstić information content (AvgIpc) is 3.25. The van der Waals surface area contributed by atoms with Crippen LogP contribution in [-0.4, -0.2) is 53.6 Å². The van der Waals surface area contributed by atoms with E-state index in [1.54, 1.807) is 31.9 Å². The van der Waals surface area contributed by atoms with Crippen LogP contribution in [0.1, 0.15) is 37.4 Å². The number of amides is 1. The molecule has 2 aromatic rings. The summed E-state index contributed by atoms with van der Waals surface area (Å²) in [5, 5.41) is 5.81. The molecule has 0 saturated carbocycles. The maximum Gasteiger partial charge on any atom is 0.410 e. The Morgan fingerprint density at radius 2 is 2.03 bits per heavy atom. The summed E-state index contributed by atoms with van der Waals surface area (Å²) in [7, 11) is 1.28. The van der Waals surface area contributed by atoms with Gasteiger partial charge in [0.1, 0.15) is 17.5 Å². The zero-order chi connectivity index (χ0) is 24.6. The first kappa shape index (κ1) is 24.2. The molecule has 11 heteroatoms. The van der Waals surface area contributed by atoms with E-state index in [1.165, 1.54) is 36.6 Å². The Balaban J connectivity index is 1.73. The van der Waals surface area contributed by atoms with E-state index in [9.17, 15) is 14.0 Å². The SMILES string of the molecule is COC(=O)C1=C(C2CN(C(=O)OC(C)(C)C)C2)NC(c2nccs2)=NC1c1ccc(F)cc1Cl. The number of halogens is 2. The quantitative estimate of drug-likeness (QED) is 0.621. The van der Waals surface area contributed by atoms with Crippen molar-refractivity contribution in [1.29, 1.82) is 0 Å². The highest BCUT2D eigenvalue weighted by molar-refractivity contribution is 7.11. The molecule has 8 nitrogen and oxygen atoms in total. The largest absolute Gasteiger partial charge is 0.466 e. The van der Waals surface area contributed by atoms with Crippen molar-refractivity contribution in [3.63, 3.8) is 0 Å². The predicted molar refractivity (Wildman–Crippen MR) is 126 cm³/mol. The van der Waals surface area contributed by atoms with E-state index in [2.05, 4.69) is 10.3 Å². The third-order valence-corrected chi connectivity index (χ3v) is 6.42. The minimum atomic E-state index is -0.841. The zero-order valence-electron chi connectivity index (χ0n) is 19.1. The van der Waals surface area contributed by atoms with E-state index in [0.717, 1.165) is 0 Å². The Morgan fingerprint density at radius 3 is 2.62 bits per heavy atom. The van der Waals surface area contributed by atoms with Crippen LogP contribution in [0.2, 0.25) is 5.02 Å². The Labute approximate surface area is 205 Å². The molecule has 0 spiro atoms. The fraction of sp³-hybridized carbons (Fsp3) is 0.391. The Morgan fingerprint density at radius 1 is 1.29 bits per heavy atom. The normalized spacial score (nSPS) is 18.7. The summed E-state index contributed by atoms with van der Waals surface area (Å²) >= 11 is 7.74. The highest BCUT2D eigenvalue weighted by Gasteiger charge is 2.42. The molecule has 0 aliphatic carbocycles. The number of ether oxygens (including phenoxy) is 2. The number of nitrogens with one attached hydrogen (secondary N) is 1. The lowest BCUT2D eigenvalue weighted by Crippen LogP contribution is -2.55. The zero-order valence-corrected chi connectivity index (χ0v) is 20.7. The van der Waals surface area contributed by atoms with Crippen LogP contribution >= 0.6 is 22.9 Å². The van der Waals surface area contributed by atoms with Gasteiger partial charge in [-0.05, 0) is 32.9 Å². The number of aliphatic imine (C=N–C) groups is 1. The topological polar surface area (TPSA) is 93.1 Å². The lowest BCUT2D eigenvalue weighted by Gasteiger charge is -2.42. The molecular formula is C23H24ClFN4O4S. The summed E-state index contributed by atoms with van der Waals surface area (Å²) < 4.78 is 24.3. The molecule has 1 aromatic heterocycles. The Bertz CT molecular complexity index is 1170. The van der Waals surface area contributed by atoms with E-state index in [-0.39, 0.29) is 16.5 Å². The number of hydrogen-bond donors (Lipinski definition) is 1. The Kier molecular flexibility index (Phi) is 6.64. The second kappa shape index (κ2) is 9.34. The molecule has 4 rings (SSSR count). The van der Waals surface area contributed by atoms with Crippen molar-refractivity contribution in [2.45, 2.75) is 32.4 Å². The number of carbonyl (C=O) groups is 2. The van der Waals surface area contributed by atoms with Gasteiger partial charge in [0.25, 0.3) is 0 Å². The molecule has 0 radical (unpaired) electrons. The number of methoxy groups -OCH3 is 1. The molecule has 1 amide bonds. The van der Waals surface area contributed by atoms with Gasteiger partial charge in [-0.3, -0.25) is 4.99 Å². The van der Waals surface area contributed by atoms with E-state index < -0.39 is 29.5 Å². The van der Waals surface area contributed by atoms with Crippen LogP contribution < -0.4 is 5.32 Å². The van der Waals surface area contributed by atoms with Crippen LogP contribution in [0.4, 0.5) is 9.18 Å². The summed E-state index contributed by atoms with van der Waals surface area (Å²) in [6, 6.07) is 3.11. The molecule has 34 heavy (non-hydrogen) atoms. The number of hydrogen-bond acceptors (Lipinski definition) is 8. The maximum absolute atomic E-state index is 13.7. The van der Waals surface area contributed by atoms with Gasteiger partial charge in [-0.15, -0.1) is 11.3 Å². The fourth-order valence-electron chi connectivity index (χ4n) is 3.76. The Hall–Kier alpha value is -2.98. The standard InChI is InChI=1S/C23H24ClFN4O4S/c1-23(2,3)33-22(31)29-10-12(11-29)17-16(21(30)32-4)18(14-6-5-13(25)9-15(14)24)28-19(27-17)20-26-7-8-34-20/h5-9,12,18H,10-11H2,1-4H3,(H,27,28). The van der Waals surface area contributed by atoms with Gasteiger partial charge in [0.05, 0.1) is 12.7 Å². The molecule has 1 aromatic carbocycles. The van der Waals surface area contributed by atoms with Crippen molar-refractivity contribution >= 4 is 40.8 Å². The molecule has 1 saturated heterocycles. The molecule has 180 valence electrons. The van der Waals surface area contributed by atoms with Crippen molar-refractivity contribution < 1.29 is 23.5 Å². The first-order chi connectivity index (χ1) is 16.1. The number of thiazole rings is 1. The molecule has 2 aliphatic heterocycles. The number of aromatic nitrogens is 1. The van der Waals surface area contributed by atoms with E-state index >= 15 is 0 Å². The number of esters is 1. The molecule has 2 aliphatic rings. The maximum atomic E-state index is 13.7. The summed E-state index contributed by atoms with van der Waals surface area (Å²) in [5.41, 5.74) is 0.666. The second-order valence-electron chi connectivity index (χ2n) is 8.91. The van der Waals surface area contributed by atoms with Crippen LogP contribution in [0.3, 0.4) is 0 Å². The van der Waals surface area contributed by atoms with Gasteiger partial charge in [-0.25, -0.2) is 19.0 Å². The van der Waals surface area contributed by atoms with E-state index in [1.807, 2.05) is 5.38 Å². The number of amidine groups is 1. The van der Waals surface area contributed by atoms with Crippen LogP contribution in [0, 0.1) is 11.7 Å². The van der Waals surface area contributed by atoms with Gasteiger partial charge in [0.2, 0.25) is 0 Å². The summed E-state index contributed by atoms with van der Waals surface area (Å²) in [4.78, 5) is 36.0. The molecule has 1 atom stereocenters. The van der Waals surface area contributed by atoms with Crippen LogP contribution in [-0.2, 0) is 14.3 Å². The number of carbonyl (C=O) groups excluding carboxylic acids is 2. The van der Waals surface area contributed by atoms with Crippen molar-refractivity contribution in [1.82, 2.24) is 15.2 Å². The summed E-state index contributed by atoms with van der Waals surface area (Å²) in [6.45, 7) is 6.09. The lowest BCUT2D eigenvalue weighted by atomic mass is 9.87. The molecular weight excluding hydrogens is 483 g/mol. The predicted octanol–water partition coefficient (Wildman–Crippen LogP) is 4.32. The summed E-state index contributed by atoms with van der Waals surface area (Å²) in [5.74, 6) is -0.833. The van der Waals surface area contributed by atoms with Gasteiger partial charge < -0.3 is 19.7 Å². The molecule has 0 bridgehead atoms. The lowest BCUT2D eigenvalue weighted by molar-refractivity contribution is -0.136. The van der Waals surface area contributed by atoms with Gasteiger partial charge in [0.15, 0.2) is 10.8 Å². The molecule has 3 heterocycles. The van der Waals surface area contributed by atoms with Crippen molar-refractivity contribution in [2.75, 3.05) is 20.2 Å². The van der Waals surface area contributed by atoms with Crippen LogP contribution in [0.25, 0.3) is 0 Å². The third-order valence-electron chi connectivity index (χ3n) is 5.31. The number of benzene rings is 1. The third kappa shape index (κ3) is 4.92. The van der Waals surface area contributed by atoms with Gasteiger partial charge in [0, 0.05) is 46.9 Å². The highest BCUT2D eigenvalue weighted by atomic mass is 35.5. The average molecular weight is 507 g/mol. The summed E-state index contributed by atoms with van der Waals surface area (Å²) in [6.07, 6.45) is 1.23. The minimum Gasteiger partial charge on any atom is -0.466 e. The first-order valence-corrected chi connectivity index (χ1v) is 11.8. The van der Waals surface area contributed by atoms with Crippen molar-refractivity contribution in [3.05, 3.63) is 62.5 Å². The minimum absolute atomic E-state index is 0.138. The van der Waals surface area contributed by atoms with Gasteiger partial charge in [-0.2, -0.15) is 0 Å². The number of likely N-dealkylation sites (tertiary alicyclic amines) is 1. The van der Waals surface area contributed by atoms with Crippen LogP contribution in [0.5, 0.6) is 0 Å². The number of rotatable bonds is 4. The molecule has 1 fully saturated rings. The monoisotopic (exact) mass is 506 g/mol. The highest BCUT2D eigenvalue weighted by Crippen LogP contribution is 2.40. The molecule has 1 unspecified atom stereocenters. The van der Waals surface area contributed by atoms with E-state index in [4.69, 9.17) is 26.1 Å². The van der Waals surface area contributed by atoms with Gasteiger partial charge in [-0.1, -0.05) is 17.7 Å². The second-order valence-corrected chi connectivity index (χ2v) is 10.2. The smallest absolute Gasteiger partial charge is 0.410 e.